The molecule has 0 saturated carbocycles. The fraction of sp³-hybridized carbons (Fsp3) is 0.875. The summed E-state index contributed by atoms with van der Waals surface area (Å²) in [6.07, 6.45) is 6.22. The van der Waals surface area contributed by atoms with E-state index in [0.29, 0.717) is 12.5 Å². The van der Waals surface area contributed by atoms with Crippen molar-refractivity contribution in [3.63, 3.8) is 0 Å². The van der Waals surface area contributed by atoms with Crippen molar-refractivity contribution in [1.82, 2.24) is 10.6 Å². The third-order valence-corrected chi connectivity index (χ3v) is 2.87. The molecule has 0 saturated heterocycles. The molecule has 4 N–H and O–H groups in total. The Bertz CT molecular complexity index is 331. The van der Waals surface area contributed by atoms with Gasteiger partial charge in [-0.15, -0.1) is 24.0 Å². The number of guanidine groups is 1. The van der Waals surface area contributed by atoms with Gasteiger partial charge in [-0.05, 0) is 40.0 Å². The molecule has 0 atom stereocenters. The van der Waals surface area contributed by atoms with E-state index < -0.39 is 5.60 Å². The SMILES string of the molecule is CCCCCCN=C(N)NCCCCNC(=O)OC(C)(C)C.I. The molecule has 6 nitrogen and oxygen atoms in total. The highest BCUT2D eigenvalue weighted by Crippen LogP contribution is 2.06. The molecule has 23 heavy (non-hydrogen) atoms. The molecule has 0 aliphatic rings. The van der Waals surface area contributed by atoms with Crippen molar-refractivity contribution in [3.05, 3.63) is 0 Å². The minimum absolute atomic E-state index is 0. The summed E-state index contributed by atoms with van der Waals surface area (Å²) in [5.74, 6) is 0.511. The molecule has 0 bridgehead atoms. The summed E-state index contributed by atoms with van der Waals surface area (Å²) in [5.41, 5.74) is 5.32. The molecule has 0 aromatic carbocycles. The van der Waals surface area contributed by atoms with Crippen LogP contribution in [0.15, 0.2) is 4.99 Å². The average Bonchev–Trinajstić information content (AvgIpc) is 2.40. The van der Waals surface area contributed by atoms with Gasteiger partial charge in [0.05, 0.1) is 0 Å². The minimum Gasteiger partial charge on any atom is -0.444 e. The van der Waals surface area contributed by atoms with Gasteiger partial charge in [-0.25, -0.2) is 4.79 Å². The molecule has 0 aromatic heterocycles. The third kappa shape index (κ3) is 19.2. The number of carbonyl (C=O) groups excluding carboxylic acids is 1. The molecular weight excluding hydrogens is 407 g/mol. The van der Waals surface area contributed by atoms with E-state index in [9.17, 15) is 4.79 Å². The van der Waals surface area contributed by atoms with Crippen LogP contribution in [-0.2, 0) is 4.74 Å². The van der Waals surface area contributed by atoms with Gasteiger partial charge in [-0.3, -0.25) is 4.99 Å². The van der Waals surface area contributed by atoms with Gasteiger partial charge in [0.2, 0.25) is 0 Å². The monoisotopic (exact) mass is 442 g/mol. The molecule has 0 unspecified atom stereocenters. The fourth-order valence-corrected chi connectivity index (χ4v) is 1.77. The van der Waals surface area contributed by atoms with E-state index in [0.717, 1.165) is 32.4 Å². The maximum Gasteiger partial charge on any atom is 0.407 e. The Morgan fingerprint density at radius 1 is 1.04 bits per heavy atom. The maximum atomic E-state index is 11.4. The first-order valence-corrected chi connectivity index (χ1v) is 8.36. The van der Waals surface area contributed by atoms with Gasteiger partial charge in [-0.2, -0.15) is 0 Å². The minimum atomic E-state index is -0.451. The predicted octanol–water partition coefficient (Wildman–Crippen LogP) is 3.39. The Kier molecular flexibility index (Phi) is 15.8. The number of rotatable bonds is 10. The number of nitrogens with one attached hydrogen (secondary N) is 2. The zero-order chi connectivity index (χ0) is 16.8. The van der Waals surface area contributed by atoms with Crippen molar-refractivity contribution in [2.45, 2.75) is 71.8 Å². The molecule has 0 heterocycles. The highest BCUT2D eigenvalue weighted by molar-refractivity contribution is 14.0. The van der Waals surface area contributed by atoms with E-state index in [4.69, 9.17) is 10.5 Å². The lowest BCUT2D eigenvalue weighted by Crippen LogP contribution is -2.34. The smallest absolute Gasteiger partial charge is 0.407 e. The predicted molar refractivity (Wildman–Crippen MR) is 108 cm³/mol. The van der Waals surface area contributed by atoms with Crippen molar-refractivity contribution in [3.8, 4) is 0 Å². The van der Waals surface area contributed by atoms with Gasteiger partial charge in [0.1, 0.15) is 5.60 Å². The molecule has 0 radical (unpaired) electrons. The lowest BCUT2D eigenvalue weighted by Gasteiger charge is -2.19. The number of aliphatic imine (C=N–C) groups is 1. The van der Waals surface area contributed by atoms with Crippen molar-refractivity contribution in [2.24, 2.45) is 10.7 Å². The Hall–Kier alpha value is -0.730. The molecule has 0 fully saturated rings. The van der Waals surface area contributed by atoms with E-state index >= 15 is 0 Å². The van der Waals surface area contributed by atoms with Crippen molar-refractivity contribution >= 4 is 36.0 Å². The van der Waals surface area contributed by atoms with Crippen LogP contribution in [0.5, 0.6) is 0 Å². The molecule has 138 valence electrons. The molecule has 0 aliphatic carbocycles. The van der Waals surface area contributed by atoms with Crippen LogP contribution < -0.4 is 16.4 Å². The van der Waals surface area contributed by atoms with Crippen LogP contribution in [0.1, 0.15) is 66.2 Å². The number of halogens is 1. The Labute approximate surface area is 158 Å². The van der Waals surface area contributed by atoms with Gasteiger partial charge >= 0.3 is 6.09 Å². The number of hydrogen-bond donors (Lipinski definition) is 3. The van der Waals surface area contributed by atoms with Gasteiger partial charge in [0.15, 0.2) is 5.96 Å². The van der Waals surface area contributed by atoms with E-state index in [1.807, 2.05) is 20.8 Å². The standard InChI is InChI=1S/C16H34N4O2.HI/c1-5-6-7-8-11-18-14(17)19-12-9-10-13-20-15(21)22-16(2,3)4;/h5-13H2,1-4H3,(H,20,21)(H3,17,18,19);1H. The van der Waals surface area contributed by atoms with Crippen LogP contribution >= 0.6 is 24.0 Å². The number of hydrogen-bond acceptors (Lipinski definition) is 3. The lowest BCUT2D eigenvalue weighted by atomic mass is 10.2. The summed E-state index contributed by atoms with van der Waals surface area (Å²) >= 11 is 0. The number of unbranched alkanes of at least 4 members (excludes halogenated alkanes) is 4. The van der Waals surface area contributed by atoms with Gasteiger partial charge in [-0.1, -0.05) is 26.2 Å². The van der Waals surface area contributed by atoms with Gasteiger partial charge in [0.25, 0.3) is 0 Å². The first kappa shape index (κ1) is 24.5. The first-order chi connectivity index (χ1) is 10.3. The average molecular weight is 442 g/mol. The van der Waals surface area contributed by atoms with Gasteiger partial charge in [0, 0.05) is 19.6 Å². The summed E-state index contributed by atoms with van der Waals surface area (Å²) in [5, 5.41) is 5.81. The zero-order valence-electron chi connectivity index (χ0n) is 15.1. The normalized spacial score (nSPS) is 11.6. The topological polar surface area (TPSA) is 88.7 Å². The number of alkyl carbamates (subject to hydrolysis) is 1. The molecular formula is C16H35IN4O2. The van der Waals surface area contributed by atoms with Crippen LogP contribution in [-0.4, -0.2) is 37.3 Å². The Morgan fingerprint density at radius 3 is 2.22 bits per heavy atom. The molecule has 0 spiro atoms. The number of amides is 1. The number of carbonyl (C=O) groups is 1. The number of ether oxygens (including phenoxy) is 1. The van der Waals surface area contributed by atoms with Crippen LogP contribution in [0.3, 0.4) is 0 Å². The largest absolute Gasteiger partial charge is 0.444 e. The molecule has 0 rings (SSSR count). The van der Waals surface area contributed by atoms with E-state index in [1.54, 1.807) is 0 Å². The molecule has 7 heteroatoms. The number of nitrogens with zero attached hydrogens (tertiary/aromatic N) is 1. The zero-order valence-corrected chi connectivity index (χ0v) is 17.4. The summed E-state index contributed by atoms with van der Waals surface area (Å²) in [6.45, 7) is 9.89. The maximum absolute atomic E-state index is 11.4. The van der Waals surface area contributed by atoms with E-state index in [-0.39, 0.29) is 30.1 Å². The second-order valence-corrected chi connectivity index (χ2v) is 6.39. The summed E-state index contributed by atoms with van der Waals surface area (Å²) in [6, 6.07) is 0. The summed E-state index contributed by atoms with van der Waals surface area (Å²) < 4.78 is 5.15. The van der Waals surface area contributed by atoms with Gasteiger partial charge < -0.3 is 21.1 Å². The second kappa shape index (κ2) is 14.8. The third-order valence-electron chi connectivity index (χ3n) is 2.87. The van der Waals surface area contributed by atoms with Crippen LogP contribution in [0.25, 0.3) is 0 Å². The van der Waals surface area contributed by atoms with E-state index in [1.165, 1.54) is 19.3 Å². The van der Waals surface area contributed by atoms with Crippen molar-refractivity contribution in [2.75, 3.05) is 19.6 Å². The summed E-state index contributed by atoms with van der Waals surface area (Å²) in [7, 11) is 0. The first-order valence-electron chi connectivity index (χ1n) is 8.36. The highest BCUT2D eigenvalue weighted by atomic mass is 127. The summed E-state index contributed by atoms with van der Waals surface area (Å²) in [4.78, 5) is 15.7. The number of nitrogens with two attached hydrogens (primary N) is 1. The van der Waals surface area contributed by atoms with Crippen LogP contribution in [0, 0.1) is 0 Å². The lowest BCUT2D eigenvalue weighted by molar-refractivity contribution is 0.0527. The Balaban J connectivity index is 0. The van der Waals surface area contributed by atoms with E-state index in [2.05, 4.69) is 22.5 Å². The molecule has 0 aliphatic heterocycles. The quantitative estimate of drug-likeness (QED) is 0.209. The van der Waals surface area contributed by atoms with Crippen molar-refractivity contribution < 1.29 is 9.53 Å². The van der Waals surface area contributed by atoms with Crippen LogP contribution in [0.4, 0.5) is 4.79 Å². The second-order valence-electron chi connectivity index (χ2n) is 6.39. The fourth-order valence-electron chi connectivity index (χ4n) is 1.77. The Morgan fingerprint density at radius 2 is 1.65 bits per heavy atom. The van der Waals surface area contributed by atoms with Crippen LogP contribution in [0.2, 0.25) is 0 Å². The molecule has 1 amide bonds. The molecule has 0 aromatic rings. The highest BCUT2D eigenvalue weighted by Gasteiger charge is 2.15. The van der Waals surface area contributed by atoms with Crippen molar-refractivity contribution in [1.29, 1.82) is 0 Å².